The van der Waals surface area contributed by atoms with Gasteiger partial charge < -0.3 is 10.3 Å². The molecule has 0 aliphatic carbocycles. The Kier molecular flexibility index (Phi) is 5.05. The predicted octanol–water partition coefficient (Wildman–Crippen LogP) is 6.52. The number of hydrogen-bond donors (Lipinski definition) is 2. The van der Waals surface area contributed by atoms with Crippen LogP contribution in [-0.2, 0) is 6.67 Å². The molecule has 2 aliphatic heterocycles. The van der Waals surface area contributed by atoms with Crippen molar-refractivity contribution in [1.82, 2.24) is 44.8 Å². The van der Waals surface area contributed by atoms with E-state index in [2.05, 4.69) is 27.0 Å². The fraction of sp³-hybridized carbons (Fsp3) is 0.0588. The summed E-state index contributed by atoms with van der Waals surface area (Å²) >= 11 is 0. The van der Waals surface area contributed by atoms with Gasteiger partial charge in [0.15, 0.2) is 23.3 Å². The summed E-state index contributed by atoms with van der Waals surface area (Å²) in [6, 6.07) is 32.5. The number of benzene rings is 4. The first-order valence-electron chi connectivity index (χ1n) is 14.1. The second-order valence-electron chi connectivity index (χ2n) is 10.6. The van der Waals surface area contributed by atoms with Crippen LogP contribution < -0.4 is 5.32 Å². The highest BCUT2D eigenvalue weighted by molar-refractivity contribution is 6.06. The highest BCUT2D eigenvalue weighted by atomic mass is 15.2. The summed E-state index contributed by atoms with van der Waals surface area (Å²) in [6.07, 6.45) is 0. The maximum Gasteiger partial charge on any atom is 0.164 e. The summed E-state index contributed by atoms with van der Waals surface area (Å²) in [6.45, 7) is 0.493. The van der Waals surface area contributed by atoms with E-state index in [1.54, 1.807) is 0 Å². The summed E-state index contributed by atoms with van der Waals surface area (Å²) in [5.74, 6) is 2.40. The number of fused-ring (bicyclic) bond motifs is 20. The van der Waals surface area contributed by atoms with E-state index in [-0.39, 0.29) is 0 Å². The summed E-state index contributed by atoms with van der Waals surface area (Å²) in [7, 11) is 1.92. The van der Waals surface area contributed by atoms with Gasteiger partial charge in [0.1, 0.15) is 22.6 Å². The van der Waals surface area contributed by atoms with E-state index in [1.165, 1.54) is 0 Å². The van der Waals surface area contributed by atoms with Gasteiger partial charge in [-0.25, -0.2) is 29.9 Å². The van der Waals surface area contributed by atoms with Crippen molar-refractivity contribution >= 4 is 44.1 Å². The lowest BCUT2D eigenvalue weighted by Crippen LogP contribution is -2.13. The molecule has 0 radical (unpaired) electrons. The first-order valence-corrected chi connectivity index (χ1v) is 14.1. The molecule has 4 aromatic carbocycles. The van der Waals surface area contributed by atoms with Gasteiger partial charge in [-0.15, -0.1) is 0 Å². The van der Waals surface area contributed by atoms with E-state index in [9.17, 15) is 0 Å². The van der Waals surface area contributed by atoms with Crippen LogP contribution in [0, 0.1) is 0 Å². The number of aromatic nitrogens is 8. The molecule has 0 fully saturated rings. The molecule has 204 valence electrons. The van der Waals surface area contributed by atoms with Crippen molar-refractivity contribution in [2.24, 2.45) is 0 Å². The molecule has 0 saturated heterocycles. The minimum absolute atomic E-state index is 0.493. The first-order chi connectivity index (χ1) is 21.3. The van der Waals surface area contributed by atoms with Gasteiger partial charge >= 0.3 is 0 Å². The van der Waals surface area contributed by atoms with Crippen LogP contribution in [0.5, 0.6) is 0 Å². The monoisotopic (exact) mass is 557 g/mol. The number of nitrogens with one attached hydrogen (secondary N) is 2. The molecule has 9 rings (SSSR count). The lowest BCUT2D eigenvalue weighted by molar-refractivity contribution is 0.645. The Bertz CT molecular complexity index is 2270. The van der Waals surface area contributed by atoms with Gasteiger partial charge in [0, 0.05) is 43.8 Å². The zero-order valence-corrected chi connectivity index (χ0v) is 23.1. The topological polar surface area (TPSA) is 110 Å². The molecule has 7 aromatic rings. The Labute approximate surface area is 245 Å². The Morgan fingerprint density at radius 1 is 0.488 bits per heavy atom. The van der Waals surface area contributed by atoms with Gasteiger partial charge in [-0.2, -0.15) is 0 Å². The van der Waals surface area contributed by atoms with Crippen molar-refractivity contribution in [1.29, 1.82) is 0 Å². The summed E-state index contributed by atoms with van der Waals surface area (Å²) in [4.78, 5) is 34.0. The minimum atomic E-state index is 0.493. The fourth-order valence-corrected chi connectivity index (χ4v) is 6.07. The first kappa shape index (κ1) is 23.9. The lowest BCUT2D eigenvalue weighted by atomic mass is 10.1. The lowest BCUT2D eigenvalue weighted by Gasteiger charge is -2.04. The minimum Gasteiger partial charge on any atom is -0.324 e. The molecule has 0 amide bonds. The van der Waals surface area contributed by atoms with Crippen molar-refractivity contribution in [3.8, 4) is 45.6 Å². The molecule has 0 atom stereocenters. The van der Waals surface area contributed by atoms with Crippen molar-refractivity contribution < 1.29 is 0 Å². The van der Waals surface area contributed by atoms with E-state index in [0.29, 0.717) is 41.3 Å². The average molecular weight is 558 g/mol. The molecular formula is C34H23N9. The van der Waals surface area contributed by atoms with Gasteiger partial charge in [0.25, 0.3) is 0 Å². The SMILES string of the molecule is CNCn1c2nc3nc(nc4[nH]c(nc5nc(nc1c1ccccc12)-c1ccccc1-5)c1ccccc41)-c1ccccc1-3. The summed E-state index contributed by atoms with van der Waals surface area (Å²) in [5.41, 5.74) is 6.61. The summed E-state index contributed by atoms with van der Waals surface area (Å²) in [5, 5.41) is 7.17. The largest absolute Gasteiger partial charge is 0.324 e. The molecule has 9 heteroatoms. The Morgan fingerprint density at radius 2 is 0.860 bits per heavy atom. The van der Waals surface area contributed by atoms with Gasteiger partial charge in [-0.3, -0.25) is 4.57 Å². The summed E-state index contributed by atoms with van der Waals surface area (Å²) < 4.78 is 2.08. The zero-order chi connectivity index (χ0) is 28.5. The molecule has 2 aliphatic rings. The number of H-pyrrole nitrogens is 1. The molecule has 0 unspecified atom stereocenters. The molecule has 0 spiro atoms. The number of aromatic amines is 1. The maximum absolute atomic E-state index is 5.21. The van der Waals surface area contributed by atoms with E-state index >= 15 is 0 Å². The van der Waals surface area contributed by atoms with E-state index < -0.39 is 0 Å². The molecular weight excluding hydrogens is 534 g/mol. The van der Waals surface area contributed by atoms with Crippen LogP contribution in [0.2, 0.25) is 0 Å². The van der Waals surface area contributed by atoms with E-state index in [0.717, 1.165) is 55.1 Å². The Morgan fingerprint density at radius 3 is 1.28 bits per heavy atom. The van der Waals surface area contributed by atoms with Crippen LogP contribution >= 0.6 is 0 Å². The number of rotatable bonds is 2. The third kappa shape index (κ3) is 3.55. The highest BCUT2D eigenvalue weighted by Crippen LogP contribution is 2.37. The smallest absolute Gasteiger partial charge is 0.164 e. The molecule has 5 heterocycles. The van der Waals surface area contributed by atoms with E-state index in [4.69, 9.17) is 29.9 Å². The molecule has 0 saturated carbocycles. The normalized spacial score (nSPS) is 12.0. The molecule has 43 heavy (non-hydrogen) atoms. The van der Waals surface area contributed by atoms with Crippen molar-refractivity contribution in [3.63, 3.8) is 0 Å². The average Bonchev–Trinajstić information content (AvgIpc) is 3.76. The van der Waals surface area contributed by atoms with Crippen LogP contribution in [0.15, 0.2) is 97.1 Å². The van der Waals surface area contributed by atoms with Crippen LogP contribution in [-0.4, -0.2) is 46.5 Å². The molecule has 9 nitrogen and oxygen atoms in total. The quantitative estimate of drug-likeness (QED) is 0.249. The number of nitrogens with zero attached hydrogens (tertiary/aromatic N) is 7. The molecule has 8 bridgehead atoms. The van der Waals surface area contributed by atoms with Crippen molar-refractivity contribution in [2.45, 2.75) is 6.67 Å². The Hall–Kier alpha value is -5.80. The van der Waals surface area contributed by atoms with Gasteiger partial charge in [-0.05, 0) is 7.05 Å². The fourth-order valence-electron chi connectivity index (χ4n) is 6.07. The third-order valence-electron chi connectivity index (χ3n) is 8.01. The van der Waals surface area contributed by atoms with Crippen molar-refractivity contribution in [2.75, 3.05) is 7.05 Å². The number of hydrogen-bond acceptors (Lipinski definition) is 7. The predicted molar refractivity (Wildman–Crippen MR) is 169 cm³/mol. The van der Waals surface area contributed by atoms with E-state index in [1.807, 2.05) is 92.0 Å². The standard InChI is InChI=1S/C34H23N9/c1-35-18-43-33-25-16-8-9-17-26(25)34(43)42-32-24-15-7-5-13-22(24)30(40-32)38-28-20-11-3-2-10-19(20)27(36-28)37-29-21-12-4-6-14-23(21)31(39-29)41-33/h2-17,35H,18H2,1H3,(H,36,37,38,39,40,41,42). The zero-order valence-electron chi connectivity index (χ0n) is 23.1. The Balaban J connectivity index is 1.54. The van der Waals surface area contributed by atoms with Gasteiger partial charge in [0.05, 0.1) is 6.67 Å². The van der Waals surface area contributed by atoms with Crippen molar-refractivity contribution in [3.05, 3.63) is 97.1 Å². The molecule has 2 N–H and O–H groups in total. The molecule has 3 aromatic heterocycles. The van der Waals surface area contributed by atoms with Crippen LogP contribution in [0.25, 0.3) is 89.7 Å². The second-order valence-corrected chi connectivity index (χ2v) is 10.6. The van der Waals surface area contributed by atoms with Crippen LogP contribution in [0.1, 0.15) is 0 Å². The highest BCUT2D eigenvalue weighted by Gasteiger charge is 2.22. The second kappa shape index (κ2) is 9.10. The maximum atomic E-state index is 5.21. The van der Waals surface area contributed by atoms with Crippen LogP contribution in [0.4, 0.5) is 0 Å². The van der Waals surface area contributed by atoms with Gasteiger partial charge in [-0.1, -0.05) is 97.1 Å². The van der Waals surface area contributed by atoms with Gasteiger partial charge in [0.2, 0.25) is 0 Å². The van der Waals surface area contributed by atoms with Crippen LogP contribution in [0.3, 0.4) is 0 Å². The third-order valence-corrected chi connectivity index (χ3v) is 8.01.